The normalized spacial score (nSPS) is 10.7. The Kier molecular flexibility index (Phi) is 16.7. The number of rotatable bonds is 19. The number of nitrogens with one attached hydrogen (secondary N) is 1. The molecule has 3 aromatic rings. The number of carbonyl (C=O) groups is 1. The molecule has 0 aliphatic rings. The van der Waals surface area contributed by atoms with Crippen LogP contribution >= 0.6 is 11.3 Å². The summed E-state index contributed by atoms with van der Waals surface area (Å²) in [4.78, 5) is 12.6. The van der Waals surface area contributed by atoms with E-state index in [2.05, 4.69) is 40.0 Å². The van der Waals surface area contributed by atoms with Gasteiger partial charge in [-0.25, -0.2) is 0 Å². The van der Waals surface area contributed by atoms with Crippen LogP contribution in [0.25, 0.3) is 0 Å². The number of benzene rings is 2. The second-order valence-corrected chi connectivity index (χ2v) is 10.8. The van der Waals surface area contributed by atoms with Crippen LogP contribution in [-0.2, 0) is 17.8 Å². The molecule has 2 aromatic carbocycles. The minimum absolute atomic E-state index is 0. The van der Waals surface area contributed by atoms with Crippen LogP contribution in [0.4, 0.5) is 5.69 Å². The summed E-state index contributed by atoms with van der Waals surface area (Å²) in [6, 6.07) is 16.0. The van der Waals surface area contributed by atoms with E-state index in [1.54, 1.807) is 11.3 Å². The molecule has 38 heavy (non-hydrogen) atoms. The van der Waals surface area contributed by atoms with E-state index in [4.69, 9.17) is 4.74 Å². The number of unbranched alkanes of at least 4 members (excludes halogenated alkanes) is 11. The molecule has 0 radical (unpaired) electrons. The smallest absolute Gasteiger partial charge is 0.228 e. The number of nitrogens with zero attached hydrogens (tertiary/aromatic N) is 1. The van der Waals surface area contributed by atoms with E-state index >= 15 is 0 Å². The van der Waals surface area contributed by atoms with Crippen LogP contribution in [0.15, 0.2) is 65.6 Å². The first-order chi connectivity index (χ1) is 18.2. The lowest BCUT2D eigenvalue weighted by molar-refractivity contribution is -0.683. The highest BCUT2D eigenvalue weighted by Gasteiger charge is 2.08. The Bertz CT molecular complexity index is 1010. The molecule has 0 unspecified atom stereocenters. The van der Waals surface area contributed by atoms with Gasteiger partial charge in [0.2, 0.25) is 11.4 Å². The Morgan fingerprint density at radius 2 is 1.50 bits per heavy atom. The fourth-order valence-corrected chi connectivity index (χ4v) is 5.14. The van der Waals surface area contributed by atoms with Crippen molar-refractivity contribution >= 4 is 22.9 Å². The van der Waals surface area contributed by atoms with Gasteiger partial charge in [0.25, 0.3) is 0 Å². The highest BCUT2D eigenvalue weighted by molar-refractivity contribution is 7.07. The Balaban J connectivity index is 0.00000507. The number of hydrogen-bond donors (Lipinski definition) is 1. The number of ether oxygens (including phenoxy) is 1. The Morgan fingerprint density at radius 1 is 0.842 bits per heavy atom. The van der Waals surface area contributed by atoms with E-state index in [9.17, 15) is 4.79 Å². The molecular weight excluding hydrogens is 556 g/mol. The van der Waals surface area contributed by atoms with Gasteiger partial charge in [-0.05, 0) is 36.2 Å². The van der Waals surface area contributed by atoms with Crippen molar-refractivity contribution in [3.63, 3.8) is 0 Å². The molecule has 0 spiro atoms. The van der Waals surface area contributed by atoms with Crippen molar-refractivity contribution in [1.82, 2.24) is 0 Å². The third-order valence-electron chi connectivity index (χ3n) is 6.66. The van der Waals surface area contributed by atoms with E-state index < -0.39 is 0 Å². The number of amides is 1. The summed E-state index contributed by atoms with van der Waals surface area (Å²) < 4.78 is 8.04. The number of aromatic nitrogens is 1. The van der Waals surface area contributed by atoms with Gasteiger partial charge < -0.3 is 27.0 Å². The van der Waals surface area contributed by atoms with Gasteiger partial charge in [-0.15, -0.1) is 0 Å². The first-order valence-electron chi connectivity index (χ1n) is 14.2. The summed E-state index contributed by atoms with van der Waals surface area (Å²) in [6.45, 7) is 3.84. The molecule has 208 valence electrons. The van der Waals surface area contributed by atoms with Crippen LogP contribution in [0.2, 0.25) is 0 Å². The summed E-state index contributed by atoms with van der Waals surface area (Å²) in [5.74, 6) is 0.872. The molecule has 0 saturated heterocycles. The highest BCUT2D eigenvalue weighted by Crippen LogP contribution is 2.16. The van der Waals surface area contributed by atoms with E-state index in [0.29, 0.717) is 6.42 Å². The summed E-state index contributed by atoms with van der Waals surface area (Å²) in [7, 11) is 0. The second-order valence-electron chi connectivity index (χ2n) is 10.0. The number of carbonyl (C=O) groups excluding carboxylic acids is 1. The van der Waals surface area contributed by atoms with Crippen LogP contribution in [0.3, 0.4) is 0 Å². The van der Waals surface area contributed by atoms with Crippen LogP contribution in [0.1, 0.15) is 95.1 Å². The SMILES string of the molecule is CCCCCCCCCCCCCCOc1ccc(CC(=O)Nc2cccc(C[n+]3ccsc3)c2)cc1.[Br-]. The monoisotopic (exact) mass is 600 g/mol. The van der Waals surface area contributed by atoms with E-state index in [0.717, 1.165) is 42.1 Å². The van der Waals surface area contributed by atoms with Crippen molar-refractivity contribution in [3.05, 3.63) is 76.7 Å². The second kappa shape index (κ2) is 19.8. The molecule has 0 aliphatic heterocycles. The van der Waals surface area contributed by atoms with Crippen molar-refractivity contribution in [3.8, 4) is 5.75 Å². The van der Waals surface area contributed by atoms with Gasteiger partial charge in [0.15, 0.2) is 12.7 Å². The molecule has 6 heteroatoms. The molecule has 1 heterocycles. The summed E-state index contributed by atoms with van der Waals surface area (Å²) in [6.07, 6.45) is 18.6. The zero-order valence-corrected chi connectivity index (χ0v) is 25.4. The van der Waals surface area contributed by atoms with Crippen molar-refractivity contribution in [2.75, 3.05) is 11.9 Å². The van der Waals surface area contributed by atoms with Gasteiger partial charge in [0, 0.05) is 11.3 Å². The molecule has 0 aliphatic carbocycles. The summed E-state index contributed by atoms with van der Waals surface area (Å²) >= 11 is 1.67. The van der Waals surface area contributed by atoms with Crippen molar-refractivity contribution in [2.24, 2.45) is 0 Å². The lowest BCUT2D eigenvalue weighted by Crippen LogP contribution is -3.00. The number of anilines is 1. The predicted molar refractivity (Wildman–Crippen MR) is 155 cm³/mol. The molecule has 1 amide bonds. The maximum Gasteiger partial charge on any atom is 0.228 e. The molecule has 0 bridgehead atoms. The molecule has 0 saturated carbocycles. The lowest BCUT2D eigenvalue weighted by atomic mass is 10.1. The number of thiazole rings is 1. The van der Waals surface area contributed by atoms with Gasteiger partial charge >= 0.3 is 0 Å². The van der Waals surface area contributed by atoms with E-state index in [-0.39, 0.29) is 22.9 Å². The highest BCUT2D eigenvalue weighted by atomic mass is 79.9. The number of halogens is 1. The minimum Gasteiger partial charge on any atom is -1.00 e. The third kappa shape index (κ3) is 13.6. The van der Waals surface area contributed by atoms with E-state index in [1.807, 2.05) is 42.5 Å². The Hall–Kier alpha value is -2.18. The van der Waals surface area contributed by atoms with Crippen LogP contribution < -0.4 is 31.6 Å². The molecular formula is C32H45BrN2O2S. The van der Waals surface area contributed by atoms with Crippen LogP contribution in [0.5, 0.6) is 5.75 Å². The van der Waals surface area contributed by atoms with Crippen molar-refractivity contribution in [2.45, 2.75) is 96.9 Å². The van der Waals surface area contributed by atoms with Gasteiger partial charge in [-0.2, -0.15) is 4.57 Å². The third-order valence-corrected chi connectivity index (χ3v) is 7.33. The fourth-order valence-electron chi connectivity index (χ4n) is 4.54. The van der Waals surface area contributed by atoms with Crippen molar-refractivity contribution in [1.29, 1.82) is 0 Å². The molecule has 0 atom stereocenters. The molecule has 0 fully saturated rings. The maximum absolute atomic E-state index is 12.6. The topological polar surface area (TPSA) is 42.2 Å². The summed E-state index contributed by atoms with van der Waals surface area (Å²) in [5, 5.41) is 5.08. The Morgan fingerprint density at radius 3 is 2.13 bits per heavy atom. The number of hydrogen-bond acceptors (Lipinski definition) is 3. The zero-order valence-electron chi connectivity index (χ0n) is 23.0. The quantitative estimate of drug-likeness (QED) is 0.149. The van der Waals surface area contributed by atoms with Gasteiger partial charge in [0.05, 0.1) is 18.4 Å². The fraction of sp³-hybridized carbons (Fsp3) is 0.500. The largest absolute Gasteiger partial charge is 1.00 e. The van der Waals surface area contributed by atoms with Gasteiger partial charge in [-0.1, -0.05) is 113 Å². The molecule has 4 nitrogen and oxygen atoms in total. The van der Waals surface area contributed by atoms with Gasteiger partial charge in [-0.3, -0.25) is 4.79 Å². The van der Waals surface area contributed by atoms with E-state index in [1.165, 1.54) is 70.6 Å². The average molecular weight is 602 g/mol. The average Bonchev–Trinajstić information content (AvgIpc) is 3.41. The molecule has 1 N–H and O–H groups in total. The summed E-state index contributed by atoms with van der Waals surface area (Å²) in [5.41, 5.74) is 5.06. The maximum atomic E-state index is 12.6. The predicted octanol–water partition coefficient (Wildman–Crippen LogP) is 5.35. The molecule has 3 rings (SSSR count). The first kappa shape index (κ1) is 32.0. The van der Waals surface area contributed by atoms with Crippen molar-refractivity contribution < 1.29 is 31.1 Å². The zero-order chi connectivity index (χ0) is 26.0. The van der Waals surface area contributed by atoms with Gasteiger partial charge in [0.1, 0.15) is 5.75 Å². The minimum atomic E-state index is -0.00880. The first-order valence-corrected chi connectivity index (χ1v) is 15.2. The standard InChI is InChI=1S/C32H44N2O2S.BrH/c1-2-3-4-5-6-7-8-9-10-11-12-13-22-36-31-19-17-28(18-20-31)25-32(35)33-30-16-14-15-29(24-30)26-34-21-23-37-27-34;/h14-21,23-24,27H,2-13,22,25-26H2,1H3;1H. The van der Waals surface area contributed by atoms with Crippen LogP contribution in [-0.4, -0.2) is 12.5 Å². The van der Waals surface area contributed by atoms with Crippen LogP contribution in [0, 0.1) is 0 Å². The lowest BCUT2D eigenvalue weighted by Gasteiger charge is -2.09. The Labute approximate surface area is 244 Å². The molecule has 1 aromatic heterocycles.